The minimum absolute atomic E-state index is 0.0563. The van der Waals surface area contributed by atoms with E-state index < -0.39 is 0 Å². The minimum Gasteiger partial charge on any atom is -0.483 e. The van der Waals surface area contributed by atoms with Crippen LogP contribution in [0.4, 0.5) is 5.13 Å². The first kappa shape index (κ1) is 17.6. The molecule has 5 nitrogen and oxygen atoms in total. The zero-order valence-electron chi connectivity index (χ0n) is 13.1. The summed E-state index contributed by atoms with van der Waals surface area (Å²) in [7, 11) is 0. The second-order valence-corrected chi connectivity index (χ2v) is 6.85. The van der Waals surface area contributed by atoms with Crippen LogP contribution in [0.15, 0.2) is 22.7 Å². The molecule has 0 unspecified atom stereocenters. The van der Waals surface area contributed by atoms with Crippen molar-refractivity contribution in [3.05, 3.63) is 38.8 Å². The highest BCUT2D eigenvalue weighted by atomic mass is 79.9. The fourth-order valence-electron chi connectivity index (χ4n) is 2.04. The van der Waals surface area contributed by atoms with Crippen molar-refractivity contribution in [2.75, 3.05) is 11.9 Å². The minimum atomic E-state index is -0.307. The van der Waals surface area contributed by atoms with Crippen molar-refractivity contribution in [1.82, 2.24) is 4.98 Å². The lowest BCUT2D eigenvalue weighted by molar-refractivity contribution is -0.118. The average molecular weight is 397 g/mol. The average Bonchev–Trinajstić information content (AvgIpc) is 2.86. The lowest BCUT2D eigenvalue weighted by Gasteiger charge is -2.10. The molecule has 0 fully saturated rings. The van der Waals surface area contributed by atoms with Crippen LogP contribution in [-0.2, 0) is 11.2 Å². The SMILES string of the molecule is CCc1cc(Br)ccc1OCC(=O)Nc1nc(C)c(C(C)=O)s1. The van der Waals surface area contributed by atoms with Crippen LogP contribution < -0.4 is 10.1 Å². The number of ether oxygens (including phenoxy) is 1. The van der Waals surface area contributed by atoms with E-state index in [2.05, 4.69) is 26.2 Å². The summed E-state index contributed by atoms with van der Waals surface area (Å²) in [5.41, 5.74) is 1.65. The van der Waals surface area contributed by atoms with Gasteiger partial charge in [0.15, 0.2) is 17.5 Å². The van der Waals surface area contributed by atoms with E-state index in [1.54, 1.807) is 6.92 Å². The fourth-order valence-corrected chi connectivity index (χ4v) is 3.33. The maximum atomic E-state index is 12.0. The molecule has 0 aliphatic heterocycles. The second kappa shape index (κ2) is 7.70. The molecule has 23 heavy (non-hydrogen) atoms. The van der Waals surface area contributed by atoms with Crippen LogP contribution in [0.2, 0.25) is 0 Å². The third-order valence-electron chi connectivity index (χ3n) is 3.12. The van der Waals surface area contributed by atoms with Gasteiger partial charge in [0.1, 0.15) is 5.75 Å². The number of hydrogen-bond donors (Lipinski definition) is 1. The van der Waals surface area contributed by atoms with Crippen molar-refractivity contribution in [3.63, 3.8) is 0 Å². The molecule has 1 amide bonds. The summed E-state index contributed by atoms with van der Waals surface area (Å²) in [5.74, 6) is 0.323. The molecule has 0 saturated heterocycles. The Morgan fingerprint density at radius 3 is 2.74 bits per heavy atom. The van der Waals surface area contributed by atoms with Crippen LogP contribution in [0.1, 0.15) is 34.8 Å². The molecule has 0 aliphatic rings. The number of benzene rings is 1. The summed E-state index contributed by atoms with van der Waals surface area (Å²) in [6, 6.07) is 5.67. The van der Waals surface area contributed by atoms with Gasteiger partial charge in [-0.25, -0.2) is 4.98 Å². The highest BCUT2D eigenvalue weighted by Crippen LogP contribution is 2.25. The molecule has 0 bridgehead atoms. The highest BCUT2D eigenvalue weighted by Gasteiger charge is 2.14. The van der Waals surface area contributed by atoms with Crippen molar-refractivity contribution in [2.45, 2.75) is 27.2 Å². The van der Waals surface area contributed by atoms with Gasteiger partial charge in [-0.2, -0.15) is 0 Å². The smallest absolute Gasteiger partial charge is 0.264 e. The van der Waals surface area contributed by atoms with Crippen molar-refractivity contribution >= 4 is 44.1 Å². The molecule has 2 rings (SSSR count). The number of nitrogens with zero attached hydrogens (tertiary/aromatic N) is 1. The Morgan fingerprint density at radius 1 is 1.39 bits per heavy atom. The monoisotopic (exact) mass is 396 g/mol. The quantitative estimate of drug-likeness (QED) is 0.749. The third-order valence-corrected chi connectivity index (χ3v) is 4.79. The second-order valence-electron chi connectivity index (χ2n) is 4.93. The zero-order valence-corrected chi connectivity index (χ0v) is 15.5. The summed E-state index contributed by atoms with van der Waals surface area (Å²) >= 11 is 4.59. The molecule has 0 radical (unpaired) electrons. The topological polar surface area (TPSA) is 68.3 Å². The van der Waals surface area contributed by atoms with Gasteiger partial charge in [-0.05, 0) is 37.1 Å². The molecule has 0 spiro atoms. The lowest BCUT2D eigenvalue weighted by Crippen LogP contribution is -2.20. The maximum Gasteiger partial charge on any atom is 0.264 e. The summed E-state index contributed by atoms with van der Waals surface area (Å²) < 4.78 is 6.55. The number of halogens is 1. The van der Waals surface area contributed by atoms with E-state index in [4.69, 9.17) is 4.74 Å². The van der Waals surface area contributed by atoms with E-state index in [0.717, 1.165) is 16.5 Å². The predicted octanol–water partition coefficient (Wildman–Crippen LogP) is 4.00. The highest BCUT2D eigenvalue weighted by molar-refractivity contribution is 9.10. The largest absolute Gasteiger partial charge is 0.483 e. The van der Waals surface area contributed by atoms with Gasteiger partial charge in [-0.3, -0.25) is 14.9 Å². The number of amides is 1. The summed E-state index contributed by atoms with van der Waals surface area (Å²) in [4.78, 5) is 28.1. The molecule has 1 aromatic heterocycles. The maximum absolute atomic E-state index is 12.0. The van der Waals surface area contributed by atoms with Gasteiger partial charge in [-0.1, -0.05) is 34.2 Å². The Morgan fingerprint density at radius 2 is 2.13 bits per heavy atom. The van der Waals surface area contributed by atoms with Crippen LogP contribution >= 0.6 is 27.3 Å². The van der Waals surface area contributed by atoms with Crippen molar-refractivity contribution in [3.8, 4) is 5.75 Å². The normalized spacial score (nSPS) is 10.4. The van der Waals surface area contributed by atoms with Crippen molar-refractivity contribution < 1.29 is 14.3 Å². The predicted molar refractivity (Wildman–Crippen MR) is 94.5 cm³/mol. The van der Waals surface area contributed by atoms with E-state index in [1.165, 1.54) is 18.3 Å². The van der Waals surface area contributed by atoms with Crippen LogP contribution in [0, 0.1) is 6.92 Å². The molecule has 1 N–H and O–H groups in total. The molecule has 1 heterocycles. The van der Waals surface area contributed by atoms with Gasteiger partial charge in [0.05, 0.1) is 10.6 Å². The number of thiazole rings is 1. The van der Waals surface area contributed by atoms with E-state index >= 15 is 0 Å². The first-order valence-electron chi connectivity index (χ1n) is 7.10. The first-order valence-corrected chi connectivity index (χ1v) is 8.71. The van der Waals surface area contributed by atoms with E-state index in [0.29, 0.717) is 21.5 Å². The molecule has 122 valence electrons. The number of carbonyl (C=O) groups is 2. The molecular formula is C16H17BrN2O3S. The van der Waals surface area contributed by atoms with Crippen molar-refractivity contribution in [2.24, 2.45) is 0 Å². The third kappa shape index (κ3) is 4.62. The Kier molecular flexibility index (Phi) is 5.90. The van der Waals surface area contributed by atoms with Gasteiger partial charge < -0.3 is 4.74 Å². The molecule has 0 atom stereocenters. The molecule has 0 aliphatic carbocycles. The Hall–Kier alpha value is -1.73. The number of hydrogen-bond acceptors (Lipinski definition) is 5. The molecule has 7 heteroatoms. The fraction of sp³-hybridized carbons (Fsp3) is 0.312. The van der Waals surface area contributed by atoms with E-state index in [1.807, 2.05) is 25.1 Å². The number of aromatic nitrogens is 1. The van der Waals surface area contributed by atoms with Gasteiger partial charge >= 0.3 is 0 Å². The number of nitrogens with one attached hydrogen (secondary N) is 1. The van der Waals surface area contributed by atoms with Crippen LogP contribution in [-0.4, -0.2) is 23.3 Å². The van der Waals surface area contributed by atoms with Crippen LogP contribution in [0.5, 0.6) is 5.75 Å². The molecule has 1 aromatic carbocycles. The summed E-state index contributed by atoms with van der Waals surface area (Å²) in [6.07, 6.45) is 0.810. The van der Waals surface area contributed by atoms with Crippen LogP contribution in [0.3, 0.4) is 0 Å². The van der Waals surface area contributed by atoms with Gasteiger partial charge in [-0.15, -0.1) is 0 Å². The number of anilines is 1. The van der Waals surface area contributed by atoms with Gasteiger partial charge in [0.25, 0.3) is 5.91 Å². The number of aryl methyl sites for hydroxylation is 2. The molecule has 2 aromatic rings. The number of ketones is 1. The Labute approximate surface area is 147 Å². The summed E-state index contributed by atoms with van der Waals surface area (Å²) in [5, 5.41) is 3.07. The number of Topliss-reactive ketones (excluding diaryl/α,β-unsaturated/α-hetero) is 1. The van der Waals surface area contributed by atoms with E-state index in [9.17, 15) is 9.59 Å². The van der Waals surface area contributed by atoms with Crippen LogP contribution in [0.25, 0.3) is 0 Å². The van der Waals surface area contributed by atoms with E-state index in [-0.39, 0.29) is 18.3 Å². The van der Waals surface area contributed by atoms with Gasteiger partial charge in [0, 0.05) is 11.4 Å². The Balaban J connectivity index is 1.98. The molecular weight excluding hydrogens is 380 g/mol. The molecule has 0 saturated carbocycles. The van der Waals surface area contributed by atoms with Crippen molar-refractivity contribution in [1.29, 1.82) is 0 Å². The number of carbonyl (C=O) groups excluding carboxylic acids is 2. The first-order chi connectivity index (χ1) is 10.9. The summed E-state index contributed by atoms with van der Waals surface area (Å²) in [6.45, 7) is 5.14. The zero-order chi connectivity index (χ0) is 17.0. The van der Waals surface area contributed by atoms with Gasteiger partial charge in [0.2, 0.25) is 0 Å². The number of rotatable bonds is 6. The lowest BCUT2D eigenvalue weighted by atomic mass is 10.1. The standard InChI is InChI=1S/C16H17BrN2O3S/c1-4-11-7-12(17)5-6-13(11)22-8-14(21)19-16-18-9(2)15(23-16)10(3)20/h5-7H,4,8H2,1-3H3,(H,18,19,21). The Bertz CT molecular complexity index is 743.